The molecule has 0 spiro atoms. The Balaban J connectivity index is 1.70. The molecule has 22 heavy (non-hydrogen) atoms. The second-order valence-electron chi connectivity index (χ2n) is 5.84. The van der Waals surface area contributed by atoms with E-state index in [0.717, 1.165) is 38.8 Å². The van der Waals surface area contributed by atoms with Crippen LogP contribution in [0.5, 0.6) is 0 Å². The number of anilines is 1. The molecule has 1 saturated heterocycles. The zero-order valence-electron chi connectivity index (χ0n) is 13.3. The van der Waals surface area contributed by atoms with E-state index in [-0.39, 0.29) is 0 Å². The van der Waals surface area contributed by atoms with Crippen LogP contribution in [0.15, 0.2) is 29.3 Å². The highest BCUT2D eigenvalue weighted by atomic mass is 16.5. The van der Waals surface area contributed by atoms with Crippen LogP contribution in [0, 0.1) is 0 Å². The van der Waals surface area contributed by atoms with Gasteiger partial charge < -0.3 is 20.3 Å². The molecule has 1 aliphatic carbocycles. The van der Waals surface area contributed by atoms with Gasteiger partial charge in [-0.15, -0.1) is 0 Å². The molecular weight excluding hydrogens is 276 g/mol. The first-order valence-corrected chi connectivity index (χ1v) is 8.32. The maximum atomic E-state index is 5.45. The van der Waals surface area contributed by atoms with Crippen LogP contribution in [0.1, 0.15) is 25.3 Å². The highest BCUT2D eigenvalue weighted by Crippen LogP contribution is 2.22. The number of ether oxygens (including phenoxy) is 1. The molecule has 0 unspecified atom stereocenters. The van der Waals surface area contributed by atoms with E-state index in [1.165, 1.54) is 24.1 Å². The Labute approximate surface area is 132 Å². The molecule has 1 aliphatic heterocycles. The lowest BCUT2D eigenvalue weighted by Gasteiger charge is -2.30. The largest absolute Gasteiger partial charge is 0.378 e. The van der Waals surface area contributed by atoms with Crippen LogP contribution in [0.3, 0.4) is 0 Å². The summed E-state index contributed by atoms with van der Waals surface area (Å²) < 4.78 is 5.45. The predicted molar refractivity (Wildman–Crippen MR) is 90.4 cm³/mol. The first-order valence-electron chi connectivity index (χ1n) is 8.32. The number of nitrogens with zero attached hydrogens (tertiary/aromatic N) is 2. The minimum Gasteiger partial charge on any atom is -0.378 e. The van der Waals surface area contributed by atoms with Gasteiger partial charge in [-0.2, -0.15) is 0 Å². The number of guanidine groups is 1. The molecule has 0 atom stereocenters. The van der Waals surface area contributed by atoms with Crippen molar-refractivity contribution in [2.24, 2.45) is 4.99 Å². The van der Waals surface area contributed by atoms with Gasteiger partial charge in [0.2, 0.25) is 0 Å². The van der Waals surface area contributed by atoms with Gasteiger partial charge >= 0.3 is 0 Å². The van der Waals surface area contributed by atoms with Gasteiger partial charge in [0, 0.05) is 31.4 Å². The zero-order chi connectivity index (χ0) is 15.2. The fraction of sp³-hybridized carbons (Fsp3) is 0.588. The Morgan fingerprint density at radius 3 is 2.77 bits per heavy atom. The molecule has 2 fully saturated rings. The van der Waals surface area contributed by atoms with Crippen molar-refractivity contribution in [3.8, 4) is 0 Å². The van der Waals surface area contributed by atoms with Gasteiger partial charge in [-0.1, -0.05) is 18.2 Å². The van der Waals surface area contributed by atoms with Crippen LogP contribution in [0.25, 0.3) is 0 Å². The van der Waals surface area contributed by atoms with E-state index >= 15 is 0 Å². The number of para-hydroxylation sites is 1. The lowest BCUT2D eigenvalue weighted by atomic mass is 10.1. The Kier molecular flexibility index (Phi) is 5.16. The van der Waals surface area contributed by atoms with Gasteiger partial charge in [0.15, 0.2) is 5.96 Å². The van der Waals surface area contributed by atoms with Gasteiger partial charge in [0.25, 0.3) is 0 Å². The molecule has 2 N–H and O–H groups in total. The highest BCUT2D eigenvalue weighted by molar-refractivity contribution is 5.80. The highest BCUT2D eigenvalue weighted by Gasteiger charge is 2.22. The molecule has 5 nitrogen and oxygen atoms in total. The molecule has 1 saturated carbocycles. The topological polar surface area (TPSA) is 48.9 Å². The minimum absolute atomic E-state index is 0.618. The Bertz CT molecular complexity index is 507. The van der Waals surface area contributed by atoms with Crippen molar-refractivity contribution in [2.45, 2.75) is 32.4 Å². The number of benzene rings is 1. The van der Waals surface area contributed by atoms with E-state index in [1.807, 2.05) is 0 Å². The molecule has 3 rings (SSSR count). The van der Waals surface area contributed by atoms with Crippen LogP contribution in [0.4, 0.5) is 5.69 Å². The summed E-state index contributed by atoms with van der Waals surface area (Å²) in [6, 6.07) is 9.18. The minimum atomic E-state index is 0.618. The third kappa shape index (κ3) is 4.13. The van der Waals surface area contributed by atoms with Gasteiger partial charge in [-0.3, -0.25) is 0 Å². The van der Waals surface area contributed by atoms with E-state index in [0.29, 0.717) is 12.6 Å². The molecule has 2 aliphatic rings. The van der Waals surface area contributed by atoms with Gasteiger partial charge in [0.1, 0.15) is 0 Å². The van der Waals surface area contributed by atoms with E-state index < -0.39 is 0 Å². The lowest BCUT2D eigenvalue weighted by Crippen LogP contribution is -2.38. The van der Waals surface area contributed by atoms with E-state index in [2.05, 4.69) is 46.7 Å². The van der Waals surface area contributed by atoms with Crippen molar-refractivity contribution in [2.75, 3.05) is 37.7 Å². The summed E-state index contributed by atoms with van der Waals surface area (Å²) in [5.41, 5.74) is 2.56. The molecule has 0 amide bonds. The second kappa shape index (κ2) is 7.49. The monoisotopic (exact) mass is 302 g/mol. The van der Waals surface area contributed by atoms with Crippen molar-refractivity contribution in [3.05, 3.63) is 29.8 Å². The number of aliphatic imine (C=N–C) groups is 1. The fourth-order valence-corrected chi connectivity index (χ4v) is 2.66. The van der Waals surface area contributed by atoms with E-state index in [1.54, 1.807) is 0 Å². The maximum Gasteiger partial charge on any atom is 0.191 e. The molecule has 0 bridgehead atoms. The summed E-state index contributed by atoms with van der Waals surface area (Å²) in [7, 11) is 0. The molecular formula is C17H26N4O. The van der Waals surface area contributed by atoms with Crippen molar-refractivity contribution in [1.29, 1.82) is 0 Å². The van der Waals surface area contributed by atoms with Crippen molar-refractivity contribution >= 4 is 11.6 Å². The summed E-state index contributed by atoms with van der Waals surface area (Å²) in [4.78, 5) is 7.15. The summed E-state index contributed by atoms with van der Waals surface area (Å²) in [5.74, 6) is 0.932. The summed E-state index contributed by atoms with van der Waals surface area (Å²) >= 11 is 0. The third-order valence-electron chi connectivity index (χ3n) is 4.01. The second-order valence-corrected chi connectivity index (χ2v) is 5.84. The van der Waals surface area contributed by atoms with Crippen LogP contribution >= 0.6 is 0 Å². The molecule has 0 aromatic heterocycles. The van der Waals surface area contributed by atoms with Crippen LogP contribution in [-0.4, -0.2) is 44.8 Å². The first kappa shape index (κ1) is 15.2. The van der Waals surface area contributed by atoms with Gasteiger partial charge in [0.05, 0.1) is 19.8 Å². The average molecular weight is 302 g/mol. The number of rotatable bonds is 5. The van der Waals surface area contributed by atoms with Crippen molar-refractivity contribution in [3.63, 3.8) is 0 Å². The van der Waals surface area contributed by atoms with Crippen molar-refractivity contribution in [1.82, 2.24) is 10.6 Å². The van der Waals surface area contributed by atoms with E-state index in [4.69, 9.17) is 9.73 Å². The normalized spacial score (nSPS) is 19.1. The van der Waals surface area contributed by atoms with Crippen LogP contribution in [0.2, 0.25) is 0 Å². The molecule has 1 aromatic rings. The Hall–Kier alpha value is -1.75. The number of morpholine rings is 1. The van der Waals surface area contributed by atoms with Crippen LogP contribution in [-0.2, 0) is 11.3 Å². The number of hydrogen-bond donors (Lipinski definition) is 2. The Morgan fingerprint density at radius 1 is 1.27 bits per heavy atom. The fourth-order valence-electron chi connectivity index (χ4n) is 2.66. The van der Waals surface area contributed by atoms with Gasteiger partial charge in [-0.05, 0) is 31.4 Å². The summed E-state index contributed by atoms with van der Waals surface area (Å²) in [5, 5.41) is 6.79. The zero-order valence-corrected chi connectivity index (χ0v) is 13.3. The Morgan fingerprint density at radius 2 is 2.05 bits per heavy atom. The van der Waals surface area contributed by atoms with Gasteiger partial charge in [-0.25, -0.2) is 4.99 Å². The average Bonchev–Trinajstić information content (AvgIpc) is 3.38. The smallest absolute Gasteiger partial charge is 0.191 e. The molecule has 1 aromatic carbocycles. The first-order chi connectivity index (χ1) is 10.9. The number of nitrogens with one attached hydrogen (secondary N) is 2. The molecule has 5 heteroatoms. The predicted octanol–water partition coefficient (Wildman–Crippen LogP) is 1.74. The molecule has 1 heterocycles. The summed E-state index contributed by atoms with van der Waals surface area (Å²) in [6.07, 6.45) is 2.52. The van der Waals surface area contributed by atoms with Crippen molar-refractivity contribution < 1.29 is 4.74 Å². The standard InChI is InChI=1S/C17H26N4O/c1-2-18-17(20-15-7-8-15)19-13-14-5-3-4-6-16(14)21-9-11-22-12-10-21/h3-6,15H,2,7-13H2,1H3,(H2,18,19,20). The quantitative estimate of drug-likeness (QED) is 0.642. The number of hydrogen-bond acceptors (Lipinski definition) is 3. The summed E-state index contributed by atoms with van der Waals surface area (Å²) in [6.45, 7) is 7.24. The molecule has 0 radical (unpaired) electrons. The van der Waals surface area contributed by atoms with E-state index in [9.17, 15) is 0 Å². The SMILES string of the molecule is CCNC(=NCc1ccccc1N1CCOCC1)NC1CC1. The lowest BCUT2D eigenvalue weighted by molar-refractivity contribution is 0.122. The molecule has 120 valence electrons. The maximum absolute atomic E-state index is 5.45. The third-order valence-corrected chi connectivity index (χ3v) is 4.01. The van der Waals surface area contributed by atoms with Crippen LogP contribution < -0.4 is 15.5 Å².